The molecule has 4 rings (SSSR count). The van der Waals surface area contributed by atoms with Gasteiger partial charge in [-0.3, -0.25) is 4.79 Å². The van der Waals surface area contributed by atoms with Crippen LogP contribution in [0, 0.1) is 0 Å². The fourth-order valence-corrected chi connectivity index (χ4v) is 2.86. The zero-order valence-electron chi connectivity index (χ0n) is 12.9. The van der Waals surface area contributed by atoms with Crippen molar-refractivity contribution in [2.75, 3.05) is 5.32 Å². The van der Waals surface area contributed by atoms with Crippen LogP contribution in [0.4, 0.5) is 5.13 Å². The van der Waals surface area contributed by atoms with E-state index in [1.165, 1.54) is 27.1 Å². The lowest BCUT2D eigenvalue weighted by molar-refractivity contribution is -0.117. The molecule has 26 heavy (non-hydrogen) atoms. The van der Waals surface area contributed by atoms with Crippen LogP contribution in [0.3, 0.4) is 0 Å². The number of carbonyl (C=O) groups is 1. The number of amides is 1. The molecular formula is C13H9ClN10OS. The van der Waals surface area contributed by atoms with Crippen molar-refractivity contribution in [3.05, 3.63) is 41.1 Å². The van der Waals surface area contributed by atoms with Crippen LogP contribution in [0.25, 0.3) is 17.1 Å². The Hall–Kier alpha value is -3.25. The van der Waals surface area contributed by atoms with Crippen molar-refractivity contribution >= 4 is 34.0 Å². The third-order valence-electron chi connectivity index (χ3n) is 3.21. The number of halogens is 1. The van der Waals surface area contributed by atoms with Gasteiger partial charge >= 0.3 is 0 Å². The Morgan fingerprint density at radius 3 is 3.00 bits per heavy atom. The van der Waals surface area contributed by atoms with Crippen LogP contribution in [0.1, 0.15) is 0 Å². The first-order chi connectivity index (χ1) is 12.7. The molecule has 0 spiro atoms. The molecule has 3 aromatic heterocycles. The van der Waals surface area contributed by atoms with Gasteiger partial charge in [0, 0.05) is 22.2 Å². The van der Waals surface area contributed by atoms with Gasteiger partial charge in [0.2, 0.25) is 11.7 Å². The van der Waals surface area contributed by atoms with E-state index in [0.29, 0.717) is 27.2 Å². The highest BCUT2D eigenvalue weighted by atomic mass is 35.5. The largest absolute Gasteiger partial charge is 0.300 e. The van der Waals surface area contributed by atoms with Crippen molar-refractivity contribution in [3.63, 3.8) is 0 Å². The lowest BCUT2D eigenvalue weighted by Crippen LogP contribution is -2.20. The van der Waals surface area contributed by atoms with Gasteiger partial charge in [0.1, 0.15) is 12.9 Å². The zero-order valence-corrected chi connectivity index (χ0v) is 14.5. The molecule has 0 fully saturated rings. The SMILES string of the molecule is O=C(Cn1nnc(-c2ccc(Cl)cc2-n2cnnn2)n1)Nc1nccs1. The monoisotopic (exact) mass is 388 g/mol. The van der Waals surface area contributed by atoms with Gasteiger partial charge in [-0.2, -0.15) is 9.48 Å². The minimum absolute atomic E-state index is 0.0968. The Kier molecular flexibility index (Phi) is 4.33. The maximum absolute atomic E-state index is 12.0. The van der Waals surface area contributed by atoms with Crippen LogP contribution < -0.4 is 5.32 Å². The molecule has 130 valence electrons. The van der Waals surface area contributed by atoms with Gasteiger partial charge in [0.15, 0.2) is 5.13 Å². The van der Waals surface area contributed by atoms with Crippen LogP contribution >= 0.6 is 22.9 Å². The zero-order chi connectivity index (χ0) is 17.9. The van der Waals surface area contributed by atoms with Crippen LogP contribution in [-0.2, 0) is 11.3 Å². The second kappa shape index (κ2) is 6.93. The molecule has 1 amide bonds. The van der Waals surface area contributed by atoms with Crippen molar-refractivity contribution < 1.29 is 4.79 Å². The third kappa shape index (κ3) is 3.41. The second-order valence-corrected chi connectivity index (χ2v) is 6.28. The number of nitrogens with one attached hydrogen (secondary N) is 1. The number of anilines is 1. The molecule has 4 aromatic rings. The molecule has 0 aliphatic rings. The lowest BCUT2D eigenvalue weighted by Gasteiger charge is -2.05. The van der Waals surface area contributed by atoms with Crippen molar-refractivity contribution in [2.45, 2.75) is 6.54 Å². The van der Waals surface area contributed by atoms with E-state index in [-0.39, 0.29) is 12.5 Å². The lowest BCUT2D eigenvalue weighted by atomic mass is 10.1. The third-order valence-corrected chi connectivity index (χ3v) is 4.14. The first kappa shape index (κ1) is 16.2. The number of carbonyl (C=O) groups excluding carboxylic acids is 1. The maximum atomic E-state index is 12.0. The second-order valence-electron chi connectivity index (χ2n) is 4.94. The van der Waals surface area contributed by atoms with E-state index in [4.69, 9.17) is 11.6 Å². The van der Waals surface area contributed by atoms with Gasteiger partial charge in [-0.1, -0.05) is 11.6 Å². The fraction of sp³-hybridized carbons (Fsp3) is 0.0769. The Morgan fingerprint density at radius 1 is 1.31 bits per heavy atom. The molecular weight excluding hydrogens is 380 g/mol. The van der Waals surface area contributed by atoms with Crippen LogP contribution in [0.2, 0.25) is 5.02 Å². The minimum Gasteiger partial charge on any atom is -0.300 e. The van der Waals surface area contributed by atoms with Crippen molar-refractivity contribution in [3.8, 4) is 17.1 Å². The summed E-state index contributed by atoms with van der Waals surface area (Å²) in [6, 6.07) is 5.11. The number of hydrogen-bond donors (Lipinski definition) is 1. The number of tetrazole rings is 2. The summed E-state index contributed by atoms with van der Waals surface area (Å²) in [6.45, 7) is -0.0968. The molecule has 11 nitrogen and oxygen atoms in total. The number of nitrogens with zero attached hydrogens (tertiary/aromatic N) is 9. The van der Waals surface area contributed by atoms with Gasteiger partial charge in [-0.25, -0.2) is 4.98 Å². The topological polar surface area (TPSA) is 129 Å². The first-order valence-corrected chi connectivity index (χ1v) is 8.45. The minimum atomic E-state index is -0.305. The van der Waals surface area contributed by atoms with E-state index < -0.39 is 0 Å². The standard InChI is InChI=1S/C13H9ClN10OS/c14-8-1-2-9(10(5-8)23-7-16-20-22-23)12-18-21-24(19-12)6-11(25)17-13-15-3-4-26-13/h1-5,7H,6H2,(H,15,17,25). The highest BCUT2D eigenvalue weighted by molar-refractivity contribution is 7.13. The summed E-state index contributed by atoms with van der Waals surface area (Å²) in [5.74, 6) is 0.00919. The summed E-state index contributed by atoms with van der Waals surface area (Å²) in [5.41, 5.74) is 1.21. The Morgan fingerprint density at radius 2 is 2.23 bits per heavy atom. The maximum Gasteiger partial charge on any atom is 0.249 e. The molecule has 0 saturated carbocycles. The van der Waals surface area contributed by atoms with E-state index in [1.807, 2.05) is 0 Å². The molecule has 0 unspecified atom stereocenters. The predicted octanol–water partition coefficient (Wildman–Crippen LogP) is 1.06. The van der Waals surface area contributed by atoms with Crippen LogP contribution in [0.5, 0.6) is 0 Å². The highest BCUT2D eigenvalue weighted by Crippen LogP contribution is 2.26. The molecule has 0 saturated heterocycles. The number of thiazole rings is 1. The molecule has 1 aromatic carbocycles. The molecule has 13 heteroatoms. The first-order valence-electron chi connectivity index (χ1n) is 7.19. The van der Waals surface area contributed by atoms with Gasteiger partial charge in [-0.05, 0) is 33.8 Å². The smallest absolute Gasteiger partial charge is 0.249 e. The van der Waals surface area contributed by atoms with E-state index in [1.54, 1.807) is 29.8 Å². The summed E-state index contributed by atoms with van der Waals surface area (Å²) >= 11 is 7.38. The summed E-state index contributed by atoms with van der Waals surface area (Å²) in [7, 11) is 0. The van der Waals surface area contributed by atoms with E-state index in [0.717, 1.165) is 0 Å². The summed E-state index contributed by atoms with van der Waals surface area (Å²) < 4.78 is 1.44. The summed E-state index contributed by atoms with van der Waals surface area (Å²) in [6.07, 6.45) is 3.04. The Labute approximate surface area is 154 Å². The molecule has 0 radical (unpaired) electrons. The number of hydrogen-bond acceptors (Lipinski definition) is 9. The highest BCUT2D eigenvalue weighted by Gasteiger charge is 2.15. The average molecular weight is 389 g/mol. The van der Waals surface area contributed by atoms with Crippen molar-refractivity contribution in [1.82, 2.24) is 45.4 Å². The summed E-state index contributed by atoms with van der Waals surface area (Å²) in [5, 5.41) is 28.7. The summed E-state index contributed by atoms with van der Waals surface area (Å²) in [4.78, 5) is 17.2. The van der Waals surface area contributed by atoms with Gasteiger partial charge < -0.3 is 5.32 Å². The van der Waals surface area contributed by atoms with Crippen LogP contribution in [-0.4, -0.2) is 51.3 Å². The molecule has 1 N–H and O–H groups in total. The molecule has 0 aliphatic heterocycles. The van der Waals surface area contributed by atoms with Gasteiger partial charge in [0.05, 0.1) is 5.69 Å². The predicted molar refractivity (Wildman–Crippen MR) is 91.7 cm³/mol. The van der Waals surface area contributed by atoms with Gasteiger partial charge in [0.25, 0.3) is 0 Å². The Bertz CT molecular complexity index is 1030. The Balaban J connectivity index is 1.58. The average Bonchev–Trinajstić information content (AvgIpc) is 3.37. The fourth-order valence-electron chi connectivity index (χ4n) is 2.15. The molecule has 3 heterocycles. The molecule has 0 aliphatic carbocycles. The number of aromatic nitrogens is 9. The van der Waals surface area contributed by atoms with E-state index >= 15 is 0 Å². The van der Waals surface area contributed by atoms with Crippen LogP contribution in [0.15, 0.2) is 36.1 Å². The number of rotatable bonds is 5. The normalized spacial score (nSPS) is 10.8. The molecule has 0 atom stereocenters. The van der Waals surface area contributed by atoms with E-state index in [2.05, 4.69) is 41.2 Å². The van der Waals surface area contributed by atoms with Gasteiger partial charge in [-0.15, -0.1) is 26.6 Å². The van der Waals surface area contributed by atoms with Crippen molar-refractivity contribution in [2.24, 2.45) is 0 Å². The van der Waals surface area contributed by atoms with Crippen molar-refractivity contribution in [1.29, 1.82) is 0 Å². The quantitative estimate of drug-likeness (QED) is 0.537. The van der Waals surface area contributed by atoms with E-state index in [9.17, 15) is 4.79 Å². The number of benzene rings is 1. The molecule has 0 bridgehead atoms.